The number of hydrogen-bond donors (Lipinski definition) is 0. The van der Waals surface area contributed by atoms with Gasteiger partial charge in [0.25, 0.3) is 0 Å². The molecule has 2 rings (SSSR count). The summed E-state index contributed by atoms with van der Waals surface area (Å²) in [5, 5.41) is 0. The average Bonchev–Trinajstić information content (AvgIpc) is 2.45. The van der Waals surface area contributed by atoms with Gasteiger partial charge in [-0.3, -0.25) is 0 Å². The molecular formula is C11H20IN. The molecule has 1 nitrogen and oxygen atoms in total. The van der Waals surface area contributed by atoms with Gasteiger partial charge >= 0.3 is 0 Å². The predicted octanol–water partition coefficient (Wildman–Crippen LogP) is 3.48. The number of fused-ring (bicyclic) bond motifs is 1. The van der Waals surface area contributed by atoms with Crippen LogP contribution in [0.15, 0.2) is 0 Å². The Hall–Kier alpha value is 0.690. The maximum Gasteiger partial charge on any atom is 0.0225 e. The first kappa shape index (κ1) is 10.2. The smallest absolute Gasteiger partial charge is 0.0225 e. The van der Waals surface area contributed by atoms with Crippen LogP contribution in [0.5, 0.6) is 0 Å². The van der Waals surface area contributed by atoms with E-state index in [-0.39, 0.29) is 0 Å². The van der Waals surface area contributed by atoms with E-state index in [2.05, 4.69) is 39.8 Å². The first-order chi connectivity index (χ1) is 6.20. The van der Waals surface area contributed by atoms with E-state index in [4.69, 9.17) is 0 Å². The van der Waals surface area contributed by atoms with E-state index in [0.717, 1.165) is 23.8 Å². The number of halogens is 1. The van der Waals surface area contributed by atoms with Crippen LogP contribution in [0.25, 0.3) is 0 Å². The van der Waals surface area contributed by atoms with Gasteiger partial charge in [0, 0.05) is 35.5 Å². The lowest BCUT2D eigenvalue weighted by Crippen LogP contribution is -2.29. The highest BCUT2D eigenvalue weighted by Gasteiger charge is 2.42. The summed E-state index contributed by atoms with van der Waals surface area (Å²) in [5.74, 6) is 2.87. The number of hydrogen-bond acceptors (Lipinski definition) is 1. The molecule has 76 valence electrons. The van der Waals surface area contributed by atoms with Crippen molar-refractivity contribution in [3.05, 3.63) is 0 Å². The maximum atomic E-state index is 2.59. The van der Waals surface area contributed by atoms with Gasteiger partial charge in [0.05, 0.1) is 0 Å². The summed E-state index contributed by atoms with van der Waals surface area (Å²) in [7, 11) is 0. The minimum Gasteiger partial charge on any atom is -0.244 e. The lowest BCUT2D eigenvalue weighted by molar-refractivity contribution is 0.224. The molecule has 0 aromatic carbocycles. The third kappa shape index (κ3) is 1.89. The SMILES string of the molecule is CC(C)C1CN(I)C2CCCCC12. The summed E-state index contributed by atoms with van der Waals surface area (Å²) in [6.07, 6.45) is 5.89. The first-order valence-corrected chi connectivity index (χ1v) is 6.59. The van der Waals surface area contributed by atoms with E-state index >= 15 is 0 Å². The largest absolute Gasteiger partial charge is 0.244 e. The van der Waals surface area contributed by atoms with E-state index in [0.29, 0.717) is 0 Å². The van der Waals surface area contributed by atoms with Crippen LogP contribution in [0.4, 0.5) is 0 Å². The molecule has 0 spiro atoms. The first-order valence-electron chi connectivity index (χ1n) is 5.62. The van der Waals surface area contributed by atoms with E-state index in [1.165, 1.54) is 32.2 Å². The Balaban J connectivity index is 2.08. The summed E-state index contributed by atoms with van der Waals surface area (Å²) in [6.45, 7) is 6.13. The standard InChI is InChI=1S/C11H20IN/c1-8(2)10-7-13(12)11-6-4-3-5-9(10)11/h8-11H,3-7H2,1-2H3. The van der Waals surface area contributed by atoms with Crippen molar-refractivity contribution in [3.63, 3.8) is 0 Å². The Morgan fingerprint density at radius 1 is 1.23 bits per heavy atom. The second kappa shape index (κ2) is 4.05. The van der Waals surface area contributed by atoms with Crippen molar-refractivity contribution in [1.82, 2.24) is 3.11 Å². The molecule has 1 saturated heterocycles. The molecule has 2 fully saturated rings. The van der Waals surface area contributed by atoms with Crippen LogP contribution in [0.3, 0.4) is 0 Å². The zero-order valence-corrected chi connectivity index (χ0v) is 10.8. The van der Waals surface area contributed by atoms with Crippen molar-refractivity contribution >= 4 is 22.9 Å². The maximum absolute atomic E-state index is 2.59. The van der Waals surface area contributed by atoms with Gasteiger partial charge in [-0.15, -0.1) is 0 Å². The van der Waals surface area contributed by atoms with Crippen LogP contribution < -0.4 is 0 Å². The molecule has 0 bridgehead atoms. The van der Waals surface area contributed by atoms with Crippen molar-refractivity contribution < 1.29 is 0 Å². The molecule has 1 heterocycles. The van der Waals surface area contributed by atoms with Crippen LogP contribution in [0.2, 0.25) is 0 Å². The molecule has 3 unspecified atom stereocenters. The molecule has 0 N–H and O–H groups in total. The third-order valence-corrected chi connectivity index (χ3v) is 5.04. The fourth-order valence-corrected chi connectivity index (χ4v) is 4.31. The highest BCUT2D eigenvalue weighted by Crippen LogP contribution is 2.44. The summed E-state index contributed by atoms with van der Waals surface area (Å²) in [5.41, 5.74) is 0. The second-order valence-corrected chi connectivity index (χ2v) is 6.25. The second-order valence-electron chi connectivity index (χ2n) is 5.01. The minimum absolute atomic E-state index is 0.880. The third-order valence-electron chi connectivity index (χ3n) is 3.93. The fraction of sp³-hybridized carbons (Fsp3) is 1.00. The quantitative estimate of drug-likeness (QED) is 0.528. The molecule has 2 heteroatoms. The van der Waals surface area contributed by atoms with E-state index in [9.17, 15) is 0 Å². The lowest BCUT2D eigenvalue weighted by atomic mass is 9.76. The molecule has 1 aliphatic heterocycles. The van der Waals surface area contributed by atoms with Crippen molar-refractivity contribution in [2.45, 2.75) is 45.6 Å². The summed E-state index contributed by atoms with van der Waals surface area (Å²) in [6, 6.07) is 0.918. The van der Waals surface area contributed by atoms with E-state index in [1.807, 2.05) is 0 Å². The van der Waals surface area contributed by atoms with Crippen LogP contribution >= 0.6 is 22.9 Å². The minimum atomic E-state index is 0.880. The Morgan fingerprint density at radius 2 is 1.92 bits per heavy atom. The van der Waals surface area contributed by atoms with Gasteiger partial charge < -0.3 is 0 Å². The molecule has 0 aromatic rings. The molecule has 13 heavy (non-hydrogen) atoms. The van der Waals surface area contributed by atoms with Gasteiger partial charge in [-0.2, -0.15) is 0 Å². The predicted molar refractivity (Wildman–Crippen MR) is 64.8 cm³/mol. The molecule has 1 saturated carbocycles. The topological polar surface area (TPSA) is 3.24 Å². The molecule has 3 atom stereocenters. The van der Waals surface area contributed by atoms with Crippen LogP contribution in [0.1, 0.15) is 39.5 Å². The van der Waals surface area contributed by atoms with Crippen molar-refractivity contribution in [1.29, 1.82) is 0 Å². The van der Waals surface area contributed by atoms with Gasteiger partial charge in [-0.25, -0.2) is 3.11 Å². The van der Waals surface area contributed by atoms with Gasteiger partial charge in [0.2, 0.25) is 0 Å². The lowest BCUT2D eigenvalue weighted by Gasteiger charge is -2.31. The Kier molecular flexibility index (Phi) is 3.18. The fourth-order valence-electron chi connectivity index (χ4n) is 3.16. The number of nitrogens with zero attached hydrogens (tertiary/aromatic N) is 1. The Bertz CT molecular complexity index is 181. The van der Waals surface area contributed by atoms with Crippen molar-refractivity contribution in [3.8, 4) is 0 Å². The summed E-state index contributed by atoms with van der Waals surface area (Å²) >= 11 is 2.55. The molecule has 0 amide bonds. The zero-order chi connectivity index (χ0) is 9.42. The monoisotopic (exact) mass is 293 g/mol. The van der Waals surface area contributed by atoms with Gasteiger partial charge in [-0.05, 0) is 30.6 Å². The molecule has 1 aliphatic carbocycles. The van der Waals surface area contributed by atoms with E-state index in [1.54, 1.807) is 0 Å². The average molecular weight is 293 g/mol. The molecular weight excluding hydrogens is 273 g/mol. The molecule has 2 aliphatic rings. The molecule has 0 radical (unpaired) electrons. The highest BCUT2D eigenvalue weighted by molar-refractivity contribution is 14.1. The van der Waals surface area contributed by atoms with Gasteiger partial charge in [-0.1, -0.05) is 26.7 Å². The normalized spacial score (nSPS) is 41.1. The molecule has 0 aromatic heterocycles. The summed E-state index contributed by atoms with van der Waals surface area (Å²) in [4.78, 5) is 0. The summed E-state index contributed by atoms with van der Waals surface area (Å²) < 4.78 is 2.59. The Morgan fingerprint density at radius 3 is 2.62 bits per heavy atom. The van der Waals surface area contributed by atoms with Gasteiger partial charge in [0.1, 0.15) is 0 Å². The van der Waals surface area contributed by atoms with E-state index < -0.39 is 0 Å². The van der Waals surface area contributed by atoms with Crippen LogP contribution in [-0.4, -0.2) is 15.7 Å². The van der Waals surface area contributed by atoms with Crippen LogP contribution in [0, 0.1) is 17.8 Å². The van der Waals surface area contributed by atoms with Crippen molar-refractivity contribution in [2.75, 3.05) is 6.54 Å². The zero-order valence-electron chi connectivity index (χ0n) is 8.67. The number of rotatable bonds is 1. The Labute approximate surface area is 95.8 Å². The van der Waals surface area contributed by atoms with Gasteiger partial charge in [0.15, 0.2) is 0 Å². The van der Waals surface area contributed by atoms with Crippen molar-refractivity contribution in [2.24, 2.45) is 17.8 Å². The van der Waals surface area contributed by atoms with Crippen LogP contribution in [-0.2, 0) is 0 Å². The highest BCUT2D eigenvalue weighted by atomic mass is 127.